The number of carbonyl (C=O) groups excluding carboxylic acids is 1. The van der Waals surface area contributed by atoms with Crippen LogP contribution >= 0.6 is 0 Å². The number of hydrogen-bond donors (Lipinski definition) is 2. The number of nitrogens with zero attached hydrogens (tertiary/aromatic N) is 2. The number of sulfonamides is 1. The molecule has 1 aromatic heterocycles. The number of nitrogens with two attached hydrogens (primary N) is 1. The lowest BCUT2D eigenvalue weighted by molar-refractivity contribution is 0.102. The van der Waals surface area contributed by atoms with E-state index >= 15 is 0 Å². The van der Waals surface area contributed by atoms with E-state index in [4.69, 9.17) is 5.14 Å². The van der Waals surface area contributed by atoms with Crippen molar-refractivity contribution < 1.29 is 13.2 Å². The summed E-state index contributed by atoms with van der Waals surface area (Å²) < 4.78 is 23.6. The number of nitrogens with one attached hydrogen (secondary N) is 1. The number of aryl methyl sites for hydroxylation is 1. The second-order valence-corrected chi connectivity index (χ2v) is 6.91. The second kappa shape index (κ2) is 6.11. The van der Waals surface area contributed by atoms with E-state index in [1.54, 1.807) is 24.3 Å². The predicted molar refractivity (Wildman–Crippen MR) is 92.8 cm³/mol. The lowest BCUT2D eigenvalue weighted by atomic mass is 10.1. The smallest absolute Gasteiger partial charge is 0.276 e. The normalized spacial score (nSPS) is 11.4. The first-order valence-electron chi connectivity index (χ1n) is 7.17. The Labute approximate surface area is 142 Å². The molecule has 0 saturated heterocycles. The molecule has 0 unspecified atom stereocenters. The van der Waals surface area contributed by atoms with Gasteiger partial charge in [0.05, 0.1) is 10.3 Å². The Morgan fingerprint density at radius 2 is 1.68 bits per heavy atom. The van der Waals surface area contributed by atoms with E-state index < -0.39 is 15.9 Å². The summed E-state index contributed by atoms with van der Waals surface area (Å²) in [7, 11) is -2.34. The van der Waals surface area contributed by atoms with Crippen molar-refractivity contribution in [1.29, 1.82) is 0 Å². The molecule has 2 aromatic carbocycles. The zero-order valence-corrected chi connectivity index (χ0v) is 13.9. The van der Waals surface area contributed by atoms with Crippen LogP contribution in [0.2, 0.25) is 0 Å². The first-order chi connectivity index (χ1) is 11.8. The van der Waals surface area contributed by atoms with Gasteiger partial charge in [-0.2, -0.15) is 5.10 Å². The number of benzene rings is 2. The lowest BCUT2D eigenvalue weighted by Crippen LogP contribution is -2.25. The Balaban J connectivity index is 1.98. The van der Waals surface area contributed by atoms with Gasteiger partial charge < -0.3 is 5.32 Å². The zero-order chi connectivity index (χ0) is 18.2. The molecule has 0 aliphatic carbocycles. The molecule has 0 saturated carbocycles. The summed E-state index contributed by atoms with van der Waals surface area (Å²) in [4.78, 5) is 24.6. The SMILES string of the molecule is Cn1nc(C(=O)Nc2ccc(S(N)(=O)=O)cc2)c2ccccc2c1=O. The van der Waals surface area contributed by atoms with Crippen molar-refractivity contribution >= 4 is 32.4 Å². The quantitative estimate of drug-likeness (QED) is 0.718. The molecule has 0 aliphatic heterocycles. The van der Waals surface area contributed by atoms with Gasteiger partial charge in [0.1, 0.15) is 0 Å². The Morgan fingerprint density at radius 1 is 1.08 bits per heavy atom. The highest BCUT2D eigenvalue weighted by molar-refractivity contribution is 7.89. The van der Waals surface area contributed by atoms with Gasteiger partial charge >= 0.3 is 0 Å². The second-order valence-electron chi connectivity index (χ2n) is 5.35. The van der Waals surface area contributed by atoms with Gasteiger partial charge in [0.2, 0.25) is 10.0 Å². The molecule has 1 heterocycles. The summed E-state index contributed by atoms with van der Waals surface area (Å²) in [6, 6.07) is 12.1. The van der Waals surface area contributed by atoms with E-state index in [1.165, 1.54) is 31.3 Å². The third-order valence-electron chi connectivity index (χ3n) is 3.61. The molecule has 0 aliphatic rings. The van der Waals surface area contributed by atoms with Crippen molar-refractivity contribution in [3.05, 3.63) is 64.6 Å². The molecule has 3 N–H and O–H groups in total. The number of primary sulfonamides is 1. The molecule has 3 rings (SSSR count). The van der Waals surface area contributed by atoms with Crippen LogP contribution in [0.15, 0.2) is 58.2 Å². The fourth-order valence-electron chi connectivity index (χ4n) is 2.39. The fourth-order valence-corrected chi connectivity index (χ4v) is 2.90. The summed E-state index contributed by atoms with van der Waals surface area (Å²) >= 11 is 0. The van der Waals surface area contributed by atoms with Crippen molar-refractivity contribution in [1.82, 2.24) is 9.78 Å². The maximum atomic E-state index is 12.5. The maximum absolute atomic E-state index is 12.5. The Kier molecular flexibility index (Phi) is 4.11. The van der Waals surface area contributed by atoms with E-state index in [0.29, 0.717) is 16.5 Å². The van der Waals surface area contributed by atoms with E-state index in [0.717, 1.165) is 4.68 Å². The number of fused-ring (bicyclic) bond motifs is 1. The molecule has 1 amide bonds. The molecular formula is C16H14N4O4S. The first kappa shape index (κ1) is 16.8. The number of anilines is 1. The predicted octanol–water partition coefficient (Wildman–Crippen LogP) is 0.833. The van der Waals surface area contributed by atoms with Crippen molar-refractivity contribution in [3.8, 4) is 0 Å². The number of rotatable bonds is 3. The van der Waals surface area contributed by atoms with Crippen LogP contribution in [0.3, 0.4) is 0 Å². The van der Waals surface area contributed by atoms with Crippen LogP contribution in [-0.4, -0.2) is 24.1 Å². The van der Waals surface area contributed by atoms with Crippen LogP contribution in [0.4, 0.5) is 5.69 Å². The van der Waals surface area contributed by atoms with Crippen molar-refractivity contribution in [2.75, 3.05) is 5.32 Å². The minimum absolute atomic E-state index is 0.0591. The van der Waals surface area contributed by atoms with Crippen LogP contribution in [-0.2, 0) is 17.1 Å². The van der Waals surface area contributed by atoms with Gasteiger partial charge in [-0.05, 0) is 30.3 Å². The molecule has 0 radical (unpaired) electrons. The van der Waals surface area contributed by atoms with E-state index in [2.05, 4.69) is 10.4 Å². The molecular weight excluding hydrogens is 344 g/mol. The van der Waals surface area contributed by atoms with Gasteiger partial charge in [-0.15, -0.1) is 0 Å². The van der Waals surface area contributed by atoms with Crippen molar-refractivity contribution in [3.63, 3.8) is 0 Å². The Bertz CT molecular complexity index is 1140. The summed E-state index contributed by atoms with van der Waals surface area (Å²) in [5, 5.41) is 12.5. The van der Waals surface area contributed by atoms with Gasteiger partial charge in [0.25, 0.3) is 11.5 Å². The molecule has 128 valence electrons. The first-order valence-corrected chi connectivity index (χ1v) is 8.72. The van der Waals surface area contributed by atoms with Gasteiger partial charge in [-0.1, -0.05) is 18.2 Å². The summed E-state index contributed by atoms with van der Waals surface area (Å²) in [5.41, 5.74) is 0.162. The molecule has 25 heavy (non-hydrogen) atoms. The minimum Gasteiger partial charge on any atom is -0.321 e. The number of hydrogen-bond acceptors (Lipinski definition) is 5. The van der Waals surface area contributed by atoms with Crippen LogP contribution in [0.25, 0.3) is 10.8 Å². The number of carbonyl (C=O) groups is 1. The third-order valence-corrected chi connectivity index (χ3v) is 4.54. The van der Waals surface area contributed by atoms with E-state index in [-0.39, 0.29) is 16.1 Å². The van der Waals surface area contributed by atoms with Crippen molar-refractivity contribution in [2.45, 2.75) is 4.90 Å². The summed E-state index contributed by atoms with van der Waals surface area (Å²) in [6.45, 7) is 0. The highest BCUT2D eigenvalue weighted by Gasteiger charge is 2.16. The molecule has 3 aromatic rings. The van der Waals surface area contributed by atoms with Gasteiger partial charge in [-0.25, -0.2) is 18.2 Å². The molecule has 0 spiro atoms. The summed E-state index contributed by atoms with van der Waals surface area (Å²) in [6.07, 6.45) is 0. The largest absolute Gasteiger partial charge is 0.321 e. The summed E-state index contributed by atoms with van der Waals surface area (Å²) in [5.74, 6) is -0.518. The standard InChI is InChI=1S/C16H14N4O4S/c1-20-16(22)13-5-3-2-4-12(13)14(19-20)15(21)18-10-6-8-11(9-7-10)25(17,23)24/h2-9H,1H3,(H,18,21)(H2,17,23,24). The van der Waals surface area contributed by atoms with Gasteiger partial charge in [0, 0.05) is 18.1 Å². The molecule has 0 fully saturated rings. The molecule has 0 bridgehead atoms. The fraction of sp³-hybridized carbons (Fsp3) is 0.0625. The Morgan fingerprint density at radius 3 is 2.28 bits per heavy atom. The monoisotopic (exact) mass is 358 g/mol. The van der Waals surface area contributed by atoms with Gasteiger partial charge in [0.15, 0.2) is 5.69 Å². The Hall–Kier alpha value is -3.04. The van der Waals surface area contributed by atoms with E-state index in [1.807, 2.05) is 0 Å². The molecule has 0 atom stereocenters. The maximum Gasteiger partial charge on any atom is 0.276 e. The van der Waals surface area contributed by atoms with Crippen LogP contribution in [0, 0.1) is 0 Å². The number of amides is 1. The van der Waals surface area contributed by atoms with Gasteiger partial charge in [-0.3, -0.25) is 9.59 Å². The molecule has 8 nitrogen and oxygen atoms in total. The molecule has 9 heteroatoms. The lowest BCUT2D eigenvalue weighted by Gasteiger charge is -2.09. The average molecular weight is 358 g/mol. The minimum atomic E-state index is -3.80. The van der Waals surface area contributed by atoms with Crippen LogP contribution < -0.4 is 16.0 Å². The van der Waals surface area contributed by atoms with Crippen molar-refractivity contribution in [2.24, 2.45) is 12.2 Å². The topological polar surface area (TPSA) is 124 Å². The van der Waals surface area contributed by atoms with E-state index in [9.17, 15) is 18.0 Å². The highest BCUT2D eigenvalue weighted by Crippen LogP contribution is 2.17. The van der Waals surface area contributed by atoms with Crippen LogP contribution in [0.1, 0.15) is 10.5 Å². The third kappa shape index (κ3) is 3.28. The zero-order valence-electron chi connectivity index (χ0n) is 13.1. The van der Waals surface area contributed by atoms with Crippen LogP contribution in [0.5, 0.6) is 0 Å². The number of aromatic nitrogens is 2. The highest BCUT2D eigenvalue weighted by atomic mass is 32.2. The average Bonchev–Trinajstić information content (AvgIpc) is 2.57.